The van der Waals surface area contributed by atoms with E-state index in [2.05, 4.69) is 26.0 Å². The summed E-state index contributed by atoms with van der Waals surface area (Å²) >= 11 is 3.36. The predicted octanol–water partition coefficient (Wildman–Crippen LogP) is 3.05. The molecule has 0 aliphatic heterocycles. The lowest BCUT2D eigenvalue weighted by Crippen LogP contribution is -2.10. The van der Waals surface area contributed by atoms with Gasteiger partial charge in [-0.15, -0.1) is 0 Å². The highest BCUT2D eigenvalue weighted by Crippen LogP contribution is 2.13. The largest absolute Gasteiger partial charge is 0.396 e. The third kappa shape index (κ3) is 4.34. The average Bonchev–Trinajstić information content (AvgIpc) is 2.26. The molecule has 0 spiro atoms. The molecule has 0 amide bonds. The Kier molecular flexibility index (Phi) is 5.18. The number of hydrogen-bond donors (Lipinski definition) is 1. The molecule has 0 aliphatic carbocycles. The number of benzene rings is 1. The van der Waals surface area contributed by atoms with Gasteiger partial charge in [-0.1, -0.05) is 33.2 Å². The fraction of sp³-hybridized carbons (Fsp3) is 0.400. The number of aryl methyl sites for hydroxylation is 1. The van der Waals surface area contributed by atoms with Crippen LogP contribution in [0, 0.1) is 0 Å². The van der Waals surface area contributed by atoms with Gasteiger partial charge in [0.15, 0.2) is 0 Å². The SMILES string of the molecule is [N-]=[N+]=NC(CO)CCc1ccc(Br)cc1. The number of hydrogen-bond acceptors (Lipinski definition) is 2. The van der Waals surface area contributed by atoms with Crippen LogP contribution in [-0.4, -0.2) is 17.8 Å². The Hall–Kier alpha value is -1.03. The molecule has 0 aliphatic rings. The Morgan fingerprint density at radius 1 is 1.40 bits per heavy atom. The molecular weight excluding hydrogens is 258 g/mol. The number of rotatable bonds is 5. The lowest BCUT2D eigenvalue weighted by molar-refractivity contribution is 0.260. The Bertz CT molecular complexity index is 346. The summed E-state index contributed by atoms with van der Waals surface area (Å²) in [6.07, 6.45) is 1.47. The van der Waals surface area contributed by atoms with E-state index in [1.54, 1.807) is 0 Å². The fourth-order valence-corrected chi connectivity index (χ4v) is 1.51. The zero-order valence-electron chi connectivity index (χ0n) is 8.17. The Morgan fingerprint density at radius 3 is 2.60 bits per heavy atom. The van der Waals surface area contributed by atoms with E-state index in [4.69, 9.17) is 10.6 Å². The van der Waals surface area contributed by atoms with Crippen LogP contribution in [0.25, 0.3) is 10.4 Å². The molecule has 0 fully saturated rings. The van der Waals surface area contributed by atoms with E-state index in [1.807, 2.05) is 24.3 Å². The van der Waals surface area contributed by atoms with Gasteiger partial charge < -0.3 is 5.11 Å². The molecule has 0 radical (unpaired) electrons. The van der Waals surface area contributed by atoms with Crippen molar-refractivity contribution in [3.05, 3.63) is 44.7 Å². The Labute approximate surface area is 96.7 Å². The minimum atomic E-state index is -0.321. The molecule has 0 saturated carbocycles. The smallest absolute Gasteiger partial charge is 0.0608 e. The van der Waals surface area contributed by atoms with Gasteiger partial charge in [-0.05, 0) is 36.1 Å². The van der Waals surface area contributed by atoms with Crippen molar-refractivity contribution in [2.75, 3.05) is 6.61 Å². The van der Waals surface area contributed by atoms with Crippen molar-refractivity contribution in [2.24, 2.45) is 5.11 Å². The molecule has 1 aromatic rings. The molecule has 1 atom stereocenters. The second-order valence-corrected chi connectivity index (χ2v) is 4.12. The van der Waals surface area contributed by atoms with E-state index in [1.165, 1.54) is 5.56 Å². The second kappa shape index (κ2) is 6.45. The van der Waals surface area contributed by atoms with Gasteiger partial charge in [-0.3, -0.25) is 0 Å². The first kappa shape index (κ1) is 12.0. The third-order valence-electron chi connectivity index (χ3n) is 2.11. The van der Waals surface area contributed by atoms with Crippen LogP contribution in [0.15, 0.2) is 33.9 Å². The summed E-state index contributed by atoms with van der Waals surface area (Å²) in [4.78, 5) is 2.69. The fourth-order valence-electron chi connectivity index (χ4n) is 1.24. The van der Waals surface area contributed by atoms with Gasteiger partial charge in [-0.25, -0.2) is 0 Å². The standard InChI is InChI=1S/C10H12BrN3O/c11-9-4-1-8(2-5-9)3-6-10(7-15)13-14-12/h1-2,4-5,10,15H,3,6-7H2. The average molecular weight is 270 g/mol. The van der Waals surface area contributed by atoms with Crippen LogP contribution in [0.4, 0.5) is 0 Å². The van der Waals surface area contributed by atoms with Crippen molar-refractivity contribution in [3.63, 3.8) is 0 Å². The number of aliphatic hydroxyl groups excluding tert-OH is 1. The highest BCUT2D eigenvalue weighted by molar-refractivity contribution is 9.10. The van der Waals surface area contributed by atoms with Crippen LogP contribution >= 0.6 is 15.9 Å². The van der Waals surface area contributed by atoms with Crippen LogP contribution in [0.2, 0.25) is 0 Å². The van der Waals surface area contributed by atoms with E-state index >= 15 is 0 Å². The Morgan fingerprint density at radius 2 is 2.07 bits per heavy atom. The quantitative estimate of drug-likeness (QED) is 0.498. The van der Waals surface area contributed by atoms with Crippen molar-refractivity contribution in [2.45, 2.75) is 18.9 Å². The first-order valence-electron chi connectivity index (χ1n) is 4.65. The minimum Gasteiger partial charge on any atom is -0.396 e. The lowest BCUT2D eigenvalue weighted by Gasteiger charge is -2.06. The summed E-state index contributed by atoms with van der Waals surface area (Å²) in [5, 5.41) is 12.4. The predicted molar refractivity (Wildman–Crippen MR) is 62.5 cm³/mol. The zero-order valence-corrected chi connectivity index (χ0v) is 9.76. The first-order chi connectivity index (χ1) is 7.26. The molecule has 1 rings (SSSR count). The first-order valence-corrected chi connectivity index (χ1v) is 5.45. The van der Waals surface area contributed by atoms with Gasteiger partial charge in [-0.2, -0.15) is 0 Å². The van der Waals surface area contributed by atoms with Crippen molar-refractivity contribution in [1.29, 1.82) is 0 Å². The highest BCUT2D eigenvalue weighted by atomic mass is 79.9. The van der Waals surface area contributed by atoms with Gasteiger partial charge in [0.2, 0.25) is 0 Å². The van der Waals surface area contributed by atoms with Gasteiger partial charge >= 0.3 is 0 Å². The van der Waals surface area contributed by atoms with Crippen LogP contribution < -0.4 is 0 Å². The summed E-state index contributed by atoms with van der Waals surface area (Å²) in [7, 11) is 0. The molecule has 1 unspecified atom stereocenters. The van der Waals surface area contributed by atoms with Crippen LogP contribution in [0.5, 0.6) is 0 Å². The van der Waals surface area contributed by atoms with E-state index in [0.717, 1.165) is 10.9 Å². The van der Waals surface area contributed by atoms with Crippen molar-refractivity contribution in [3.8, 4) is 0 Å². The molecular formula is C10H12BrN3O. The molecule has 0 saturated heterocycles. The minimum absolute atomic E-state index is 0.0966. The maximum absolute atomic E-state index is 8.91. The summed E-state index contributed by atoms with van der Waals surface area (Å²) in [6.45, 7) is -0.0966. The highest BCUT2D eigenvalue weighted by Gasteiger charge is 2.04. The summed E-state index contributed by atoms with van der Waals surface area (Å²) in [5.41, 5.74) is 9.41. The summed E-state index contributed by atoms with van der Waals surface area (Å²) in [6, 6.07) is 7.63. The van der Waals surface area contributed by atoms with Gasteiger partial charge in [0.25, 0.3) is 0 Å². The molecule has 0 aromatic heterocycles. The molecule has 15 heavy (non-hydrogen) atoms. The third-order valence-corrected chi connectivity index (χ3v) is 2.63. The van der Waals surface area contributed by atoms with Crippen LogP contribution in [0.3, 0.4) is 0 Å². The van der Waals surface area contributed by atoms with Gasteiger partial charge in [0.05, 0.1) is 12.6 Å². The number of nitrogens with zero attached hydrogens (tertiary/aromatic N) is 3. The Balaban J connectivity index is 2.48. The van der Waals surface area contributed by atoms with Crippen molar-refractivity contribution in [1.82, 2.24) is 0 Å². The molecule has 4 nitrogen and oxygen atoms in total. The normalized spacial score (nSPS) is 11.9. The van der Waals surface area contributed by atoms with Gasteiger partial charge in [0.1, 0.15) is 0 Å². The van der Waals surface area contributed by atoms with Crippen molar-refractivity contribution >= 4 is 15.9 Å². The maximum atomic E-state index is 8.91. The second-order valence-electron chi connectivity index (χ2n) is 3.21. The molecule has 1 N–H and O–H groups in total. The number of aliphatic hydroxyl groups is 1. The molecule has 0 heterocycles. The van der Waals surface area contributed by atoms with Crippen molar-refractivity contribution < 1.29 is 5.11 Å². The summed E-state index contributed by atoms with van der Waals surface area (Å²) < 4.78 is 1.04. The number of halogens is 1. The van der Waals surface area contributed by atoms with E-state index in [-0.39, 0.29) is 12.6 Å². The van der Waals surface area contributed by atoms with Crippen LogP contribution in [0.1, 0.15) is 12.0 Å². The monoisotopic (exact) mass is 269 g/mol. The zero-order chi connectivity index (χ0) is 11.1. The van der Waals surface area contributed by atoms with Crippen LogP contribution in [-0.2, 0) is 6.42 Å². The molecule has 80 valence electrons. The number of azide groups is 1. The van der Waals surface area contributed by atoms with E-state index in [0.29, 0.717) is 6.42 Å². The van der Waals surface area contributed by atoms with E-state index in [9.17, 15) is 0 Å². The maximum Gasteiger partial charge on any atom is 0.0608 e. The van der Waals surface area contributed by atoms with Gasteiger partial charge in [0, 0.05) is 9.38 Å². The summed E-state index contributed by atoms with van der Waals surface area (Å²) in [5.74, 6) is 0. The van der Waals surface area contributed by atoms with E-state index < -0.39 is 0 Å². The lowest BCUT2D eigenvalue weighted by atomic mass is 10.1. The molecule has 5 heteroatoms. The molecule has 1 aromatic carbocycles. The molecule has 0 bridgehead atoms. The topological polar surface area (TPSA) is 69.0 Å².